The lowest BCUT2D eigenvalue weighted by Crippen LogP contribution is -2.10. The Morgan fingerprint density at radius 1 is 0.880 bits per heavy atom. The molecule has 0 saturated carbocycles. The number of hydrogen-bond acceptors (Lipinski definition) is 4. The molecule has 0 amide bonds. The molecule has 2 aromatic carbocycles. The number of nitrogens with zero attached hydrogens (tertiary/aromatic N) is 2. The molecular weight excluding hydrogens is 308 g/mol. The van der Waals surface area contributed by atoms with E-state index in [9.17, 15) is 0 Å². The van der Waals surface area contributed by atoms with E-state index in [1.165, 1.54) is 16.7 Å². The Morgan fingerprint density at radius 3 is 2.32 bits per heavy atom. The van der Waals surface area contributed by atoms with Gasteiger partial charge in [0, 0.05) is 18.7 Å². The highest BCUT2D eigenvalue weighted by Crippen LogP contribution is 2.20. The maximum Gasteiger partial charge on any atom is 0.132 e. The molecular formula is C21H24N4. The normalized spacial score (nSPS) is 11.8. The summed E-state index contributed by atoms with van der Waals surface area (Å²) >= 11 is 0. The average Bonchev–Trinajstić information content (AvgIpc) is 2.61. The van der Waals surface area contributed by atoms with Crippen LogP contribution in [0, 0.1) is 13.8 Å². The zero-order chi connectivity index (χ0) is 17.6. The van der Waals surface area contributed by atoms with Crippen molar-refractivity contribution in [2.75, 3.05) is 10.6 Å². The molecule has 0 aliphatic rings. The Kier molecular flexibility index (Phi) is 5.29. The van der Waals surface area contributed by atoms with Gasteiger partial charge in [-0.1, -0.05) is 54.6 Å². The number of benzene rings is 2. The Hall–Kier alpha value is -2.88. The fourth-order valence-corrected chi connectivity index (χ4v) is 2.77. The van der Waals surface area contributed by atoms with E-state index in [1.54, 1.807) is 0 Å². The number of nitrogens with one attached hydrogen (secondary N) is 2. The Labute approximate surface area is 149 Å². The first kappa shape index (κ1) is 17.0. The molecule has 128 valence electrons. The third-order valence-electron chi connectivity index (χ3n) is 4.22. The van der Waals surface area contributed by atoms with E-state index in [1.807, 2.05) is 31.2 Å². The van der Waals surface area contributed by atoms with E-state index in [2.05, 4.69) is 70.8 Å². The van der Waals surface area contributed by atoms with Crippen molar-refractivity contribution in [1.82, 2.24) is 9.97 Å². The summed E-state index contributed by atoms with van der Waals surface area (Å²) < 4.78 is 0. The molecule has 0 radical (unpaired) electrons. The SMILES string of the molecule is Cc1nc(NCc2ccccc2C)cc(NC(C)c2ccccc2)n1. The quantitative estimate of drug-likeness (QED) is 0.675. The Bertz CT molecular complexity index is 830. The molecule has 0 bridgehead atoms. The Balaban J connectivity index is 1.71. The van der Waals surface area contributed by atoms with Gasteiger partial charge in [0.1, 0.15) is 17.5 Å². The first-order chi connectivity index (χ1) is 12.1. The second-order valence-electron chi connectivity index (χ2n) is 6.24. The van der Waals surface area contributed by atoms with Crippen molar-refractivity contribution in [3.8, 4) is 0 Å². The zero-order valence-corrected chi connectivity index (χ0v) is 15.0. The van der Waals surface area contributed by atoms with Gasteiger partial charge in [0.25, 0.3) is 0 Å². The fourth-order valence-electron chi connectivity index (χ4n) is 2.77. The van der Waals surface area contributed by atoms with Crippen LogP contribution in [0.4, 0.5) is 11.6 Å². The van der Waals surface area contributed by atoms with Gasteiger partial charge in [-0.05, 0) is 37.5 Å². The van der Waals surface area contributed by atoms with Crippen molar-refractivity contribution in [1.29, 1.82) is 0 Å². The predicted molar refractivity (Wildman–Crippen MR) is 104 cm³/mol. The highest BCUT2D eigenvalue weighted by atomic mass is 15.1. The molecule has 0 fully saturated rings. The van der Waals surface area contributed by atoms with E-state index in [0.29, 0.717) is 0 Å². The number of aryl methyl sites for hydroxylation is 2. The maximum atomic E-state index is 4.51. The van der Waals surface area contributed by atoms with Gasteiger partial charge in [0.15, 0.2) is 0 Å². The van der Waals surface area contributed by atoms with Gasteiger partial charge < -0.3 is 10.6 Å². The largest absolute Gasteiger partial charge is 0.366 e. The van der Waals surface area contributed by atoms with Crippen LogP contribution in [0.3, 0.4) is 0 Å². The van der Waals surface area contributed by atoms with Crippen molar-refractivity contribution in [2.45, 2.75) is 33.4 Å². The van der Waals surface area contributed by atoms with Gasteiger partial charge in [-0.15, -0.1) is 0 Å². The molecule has 25 heavy (non-hydrogen) atoms. The summed E-state index contributed by atoms with van der Waals surface area (Å²) in [5.41, 5.74) is 3.77. The summed E-state index contributed by atoms with van der Waals surface area (Å²) in [6.45, 7) is 6.91. The average molecular weight is 332 g/mol. The van der Waals surface area contributed by atoms with Crippen molar-refractivity contribution < 1.29 is 0 Å². The van der Waals surface area contributed by atoms with Crippen LogP contribution >= 0.6 is 0 Å². The fraction of sp³-hybridized carbons (Fsp3) is 0.238. The monoisotopic (exact) mass is 332 g/mol. The number of anilines is 2. The van der Waals surface area contributed by atoms with Crippen LogP contribution < -0.4 is 10.6 Å². The lowest BCUT2D eigenvalue weighted by molar-refractivity contribution is 0.866. The zero-order valence-electron chi connectivity index (χ0n) is 15.0. The lowest BCUT2D eigenvalue weighted by atomic mass is 10.1. The van der Waals surface area contributed by atoms with Crippen LogP contribution in [-0.4, -0.2) is 9.97 Å². The summed E-state index contributed by atoms with van der Waals surface area (Å²) in [5, 5.41) is 6.86. The van der Waals surface area contributed by atoms with E-state index >= 15 is 0 Å². The number of hydrogen-bond donors (Lipinski definition) is 2. The minimum atomic E-state index is 0.180. The van der Waals surface area contributed by atoms with Crippen LogP contribution in [0.25, 0.3) is 0 Å². The third-order valence-corrected chi connectivity index (χ3v) is 4.22. The van der Waals surface area contributed by atoms with E-state index in [-0.39, 0.29) is 6.04 Å². The van der Waals surface area contributed by atoms with Crippen LogP contribution in [0.1, 0.15) is 35.5 Å². The van der Waals surface area contributed by atoms with Gasteiger partial charge in [-0.25, -0.2) is 9.97 Å². The lowest BCUT2D eigenvalue weighted by Gasteiger charge is -2.16. The molecule has 2 N–H and O–H groups in total. The minimum Gasteiger partial charge on any atom is -0.366 e. The summed E-state index contributed by atoms with van der Waals surface area (Å²) in [4.78, 5) is 9.01. The highest BCUT2D eigenvalue weighted by molar-refractivity contribution is 5.49. The van der Waals surface area contributed by atoms with Crippen LogP contribution in [0.15, 0.2) is 60.7 Å². The molecule has 0 aliphatic carbocycles. The standard InChI is InChI=1S/C21H24N4/c1-15-9-7-8-12-19(15)14-22-20-13-21(25-17(3)24-20)23-16(2)18-10-5-4-6-11-18/h4-13,16H,14H2,1-3H3,(H2,22,23,24,25). The molecule has 0 saturated heterocycles. The summed E-state index contributed by atoms with van der Waals surface area (Å²) in [7, 11) is 0. The van der Waals surface area contributed by atoms with E-state index in [4.69, 9.17) is 0 Å². The summed E-state index contributed by atoms with van der Waals surface area (Å²) in [6.07, 6.45) is 0. The molecule has 1 atom stereocenters. The van der Waals surface area contributed by atoms with Crippen LogP contribution in [-0.2, 0) is 6.54 Å². The molecule has 3 aromatic rings. The first-order valence-electron chi connectivity index (χ1n) is 8.57. The minimum absolute atomic E-state index is 0.180. The van der Waals surface area contributed by atoms with Crippen molar-refractivity contribution in [3.05, 3.63) is 83.2 Å². The second kappa shape index (κ2) is 7.79. The molecule has 1 heterocycles. The molecule has 1 aromatic heterocycles. The van der Waals surface area contributed by atoms with E-state index in [0.717, 1.165) is 24.0 Å². The second-order valence-corrected chi connectivity index (χ2v) is 6.24. The van der Waals surface area contributed by atoms with Crippen molar-refractivity contribution >= 4 is 11.6 Å². The number of aromatic nitrogens is 2. The molecule has 4 heteroatoms. The first-order valence-corrected chi connectivity index (χ1v) is 8.57. The Morgan fingerprint density at radius 2 is 1.56 bits per heavy atom. The molecule has 3 rings (SSSR count). The van der Waals surface area contributed by atoms with Crippen molar-refractivity contribution in [3.63, 3.8) is 0 Å². The topological polar surface area (TPSA) is 49.8 Å². The van der Waals surface area contributed by atoms with Gasteiger partial charge in [0.2, 0.25) is 0 Å². The van der Waals surface area contributed by atoms with Crippen LogP contribution in [0.2, 0.25) is 0 Å². The smallest absolute Gasteiger partial charge is 0.132 e. The molecule has 1 unspecified atom stereocenters. The molecule has 0 aliphatic heterocycles. The van der Waals surface area contributed by atoms with Gasteiger partial charge in [-0.3, -0.25) is 0 Å². The number of rotatable bonds is 6. The van der Waals surface area contributed by atoms with Gasteiger partial charge in [0.05, 0.1) is 0 Å². The van der Waals surface area contributed by atoms with Gasteiger partial charge in [-0.2, -0.15) is 0 Å². The highest BCUT2D eigenvalue weighted by Gasteiger charge is 2.08. The summed E-state index contributed by atoms with van der Waals surface area (Å²) in [5.74, 6) is 2.41. The molecule has 4 nitrogen and oxygen atoms in total. The summed E-state index contributed by atoms with van der Waals surface area (Å²) in [6, 6.07) is 20.9. The maximum absolute atomic E-state index is 4.51. The van der Waals surface area contributed by atoms with E-state index < -0.39 is 0 Å². The predicted octanol–water partition coefficient (Wildman–Crippen LogP) is 4.88. The van der Waals surface area contributed by atoms with Gasteiger partial charge >= 0.3 is 0 Å². The molecule has 0 spiro atoms. The van der Waals surface area contributed by atoms with Crippen LogP contribution in [0.5, 0.6) is 0 Å². The third kappa shape index (κ3) is 4.57. The van der Waals surface area contributed by atoms with Crippen molar-refractivity contribution in [2.24, 2.45) is 0 Å².